The Morgan fingerprint density at radius 3 is 2.14 bits per heavy atom. The van der Waals surface area contributed by atoms with Crippen LogP contribution in [0.2, 0.25) is 10.0 Å². The van der Waals surface area contributed by atoms with E-state index in [2.05, 4.69) is 10.6 Å². The van der Waals surface area contributed by atoms with Gasteiger partial charge >= 0.3 is 0 Å². The molecule has 0 bridgehead atoms. The minimum Gasteiger partial charge on any atom is -0.325 e. The second-order valence-corrected chi connectivity index (χ2v) is 9.78. The van der Waals surface area contributed by atoms with Crippen LogP contribution in [0.5, 0.6) is 0 Å². The van der Waals surface area contributed by atoms with Crippen LogP contribution in [-0.2, 0) is 9.59 Å². The molecule has 0 heterocycles. The number of hydrogen-bond donors (Lipinski definition) is 2. The molecule has 2 amide bonds. The van der Waals surface area contributed by atoms with E-state index >= 15 is 0 Å². The quantitative estimate of drug-likeness (QED) is 0.178. The zero-order chi connectivity index (χ0) is 25.3. The number of anilines is 2. The summed E-state index contributed by atoms with van der Waals surface area (Å²) < 4.78 is 0. The number of rotatable bonds is 8. The van der Waals surface area contributed by atoms with Gasteiger partial charge in [-0.05, 0) is 53.6 Å². The van der Waals surface area contributed by atoms with Gasteiger partial charge in [0.15, 0.2) is 0 Å². The first kappa shape index (κ1) is 25.6. The molecular formula is C29H22Cl2N2O2S. The lowest BCUT2D eigenvalue weighted by Gasteiger charge is -2.18. The Hall–Kier alpha value is -3.51. The van der Waals surface area contributed by atoms with E-state index < -0.39 is 5.25 Å². The van der Waals surface area contributed by atoms with Crippen LogP contribution in [0, 0.1) is 0 Å². The molecule has 0 aromatic heterocycles. The molecule has 0 aliphatic heterocycles. The van der Waals surface area contributed by atoms with Crippen molar-refractivity contribution in [3.8, 4) is 0 Å². The third-order valence-electron chi connectivity index (χ3n) is 5.11. The number of carbonyl (C=O) groups excluding carboxylic acids is 2. The van der Waals surface area contributed by atoms with Gasteiger partial charge in [-0.15, -0.1) is 11.8 Å². The van der Waals surface area contributed by atoms with E-state index in [-0.39, 0.29) is 11.8 Å². The zero-order valence-corrected chi connectivity index (χ0v) is 21.4. The molecule has 0 radical (unpaired) electrons. The van der Waals surface area contributed by atoms with Crippen LogP contribution in [-0.4, -0.2) is 11.8 Å². The summed E-state index contributed by atoms with van der Waals surface area (Å²) in [4.78, 5) is 26.6. The largest absolute Gasteiger partial charge is 0.325 e. The molecule has 7 heteroatoms. The molecule has 0 fully saturated rings. The van der Waals surface area contributed by atoms with Crippen molar-refractivity contribution in [2.24, 2.45) is 0 Å². The summed E-state index contributed by atoms with van der Waals surface area (Å²) >= 11 is 13.5. The fraction of sp³-hybridized carbons (Fsp3) is 0.0345. The highest BCUT2D eigenvalue weighted by Gasteiger charge is 2.22. The van der Waals surface area contributed by atoms with E-state index in [0.29, 0.717) is 21.4 Å². The standard InChI is InChI=1S/C29H22Cl2N2O2S/c30-25-16-15-23(19-26(25)31)33-29(35)28(21-10-5-2-6-11-21)36-24-13-7-12-22(18-24)32-27(34)17-14-20-8-3-1-4-9-20/h1-19,28H,(H,32,34)(H,33,35)/b17-14+. The smallest absolute Gasteiger partial charge is 0.248 e. The average molecular weight is 533 g/mol. The molecule has 4 nitrogen and oxygen atoms in total. The first-order chi connectivity index (χ1) is 17.5. The Morgan fingerprint density at radius 2 is 1.42 bits per heavy atom. The summed E-state index contributed by atoms with van der Waals surface area (Å²) in [6, 6.07) is 31.5. The maximum atomic E-state index is 13.3. The van der Waals surface area contributed by atoms with Crippen LogP contribution >= 0.6 is 35.0 Å². The van der Waals surface area contributed by atoms with Crippen molar-refractivity contribution in [2.75, 3.05) is 10.6 Å². The summed E-state index contributed by atoms with van der Waals surface area (Å²) in [6.45, 7) is 0. The Labute approximate surface area is 224 Å². The summed E-state index contributed by atoms with van der Waals surface area (Å²) in [6.07, 6.45) is 3.25. The summed E-state index contributed by atoms with van der Waals surface area (Å²) in [7, 11) is 0. The molecule has 0 saturated carbocycles. The lowest BCUT2D eigenvalue weighted by molar-refractivity contribution is -0.116. The summed E-state index contributed by atoms with van der Waals surface area (Å²) in [5, 5.41) is 6.05. The highest BCUT2D eigenvalue weighted by atomic mass is 35.5. The minimum absolute atomic E-state index is 0.204. The van der Waals surface area contributed by atoms with Crippen LogP contribution in [0.4, 0.5) is 11.4 Å². The van der Waals surface area contributed by atoms with E-state index in [1.807, 2.05) is 84.9 Å². The van der Waals surface area contributed by atoms with Gasteiger partial charge in [-0.1, -0.05) is 89.9 Å². The van der Waals surface area contributed by atoms with Gasteiger partial charge in [-0.3, -0.25) is 9.59 Å². The molecular weight excluding hydrogens is 511 g/mol. The summed E-state index contributed by atoms with van der Waals surface area (Å²) in [5.41, 5.74) is 2.98. The molecule has 4 aromatic rings. The van der Waals surface area contributed by atoms with Crippen molar-refractivity contribution in [2.45, 2.75) is 10.1 Å². The monoisotopic (exact) mass is 532 g/mol. The predicted molar refractivity (Wildman–Crippen MR) is 151 cm³/mol. The topological polar surface area (TPSA) is 58.2 Å². The lowest BCUT2D eigenvalue weighted by Crippen LogP contribution is -2.19. The number of hydrogen-bond acceptors (Lipinski definition) is 3. The number of amides is 2. The first-order valence-electron chi connectivity index (χ1n) is 11.1. The van der Waals surface area contributed by atoms with Crippen molar-refractivity contribution in [3.63, 3.8) is 0 Å². The molecule has 180 valence electrons. The van der Waals surface area contributed by atoms with Crippen molar-refractivity contribution in [1.82, 2.24) is 0 Å². The number of thioether (sulfide) groups is 1. The van der Waals surface area contributed by atoms with Gasteiger partial charge in [-0.25, -0.2) is 0 Å². The van der Waals surface area contributed by atoms with Gasteiger partial charge in [-0.2, -0.15) is 0 Å². The molecule has 4 rings (SSSR count). The molecule has 2 N–H and O–H groups in total. The van der Waals surface area contributed by atoms with Crippen LogP contribution < -0.4 is 10.6 Å². The average Bonchev–Trinajstić information content (AvgIpc) is 2.89. The highest BCUT2D eigenvalue weighted by Crippen LogP contribution is 2.37. The zero-order valence-electron chi connectivity index (χ0n) is 19.0. The lowest BCUT2D eigenvalue weighted by atomic mass is 10.1. The van der Waals surface area contributed by atoms with Crippen LogP contribution in [0.1, 0.15) is 16.4 Å². The molecule has 1 unspecified atom stereocenters. The van der Waals surface area contributed by atoms with E-state index in [1.54, 1.807) is 24.3 Å². The Kier molecular flexibility index (Phi) is 8.85. The van der Waals surface area contributed by atoms with E-state index in [9.17, 15) is 9.59 Å². The summed E-state index contributed by atoms with van der Waals surface area (Å²) in [5.74, 6) is -0.442. The Morgan fingerprint density at radius 1 is 0.722 bits per heavy atom. The fourth-order valence-corrected chi connectivity index (χ4v) is 4.77. The van der Waals surface area contributed by atoms with Crippen molar-refractivity contribution >= 4 is 64.2 Å². The number of halogens is 2. The Bertz CT molecular complexity index is 1380. The molecule has 0 aliphatic carbocycles. The molecule has 0 aliphatic rings. The minimum atomic E-state index is -0.537. The second-order valence-electron chi connectivity index (χ2n) is 7.79. The van der Waals surface area contributed by atoms with Crippen molar-refractivity contribution in [1.29, 1.82) is 0 Å². The van der Waals surface area contributed by atoms with Gasteiger partial charge in [0.1, 0.15) is 5.25 Å². The van der Waals surface area contributed by atoms with Gasteiger partial charge in [0.25, 0.3) is 0 Å². The second kappa shape index (κ2) is 12.5. The van der Waals surface area contributed by atoms with Crippen LogP contribution in [0.25, 0.3) is 6.08 Å². The normalized spacial score (nSPS) is 11.7. The van der Waals surface area contributed by atoms with Gasteiger partial charge in [0, 0.05) is 22.3 Å². The number of carbonyl (C=O) groups is 2. The molecule has 4 aromatic carbocycles. The van der Waals surface area contributed by atoms with Crippen molar-refractivity contribution < 1.29 is 9.59 Å². The predicted octanol–water partition coefficient (Wildman–Crippen LogP) is 8.12. The third-order valence-corrected chi connectivity index (χ3v) is 7.10. The maximum Gasteiger partial charge on any atom is 0.248 e. The number of benzene rings is 4. The SMILES string of the molecule is O=C(/C=C/c1ccccc1)Nc1cccc(SC(C(=O)Nc2ccc(Cl)c(Cl)c2)c2ccccc2)c1. The van der Waals surface area contributed by atoms with E-state index in [0.717, 1.165) is 16.0 Å². The van der Waals surface area contributed by atoms with Crippen LogP contribution in [0.3, 0.4) is 0 Å². The molecule has 36 heavy (non-hydrogen) atoms. The van der Waals surface area contributed by atoms with Gasteiger partial charge < -0.3 is 10.6 Å². The van der Waals surface area contributed by atoms with E-state index in [1.165, 1.54) is 17.8 Å². The van der Waals surface area contributed by atoms with Crippen LogP contribution in [0.15, 0.2) is 114 Å². The highest BCUT2D eigenvalue weighted by molar-refractivity contribution is 8.00. The molecule has 1 atom stereocenters. The van der Waals surface area contributed by atoms with E-state index in [4.69, 9.17) is 23.2 Å². The first-order valence-corrected chi connectivity index (χ1v) is 12.7. The number of nitrogens with one attached hydrogen (secondary N) is 2. The maximum absolute atomic E-state index is 13.3. The molecule has 0 spiro atoms. The van der Waals surface area contributed by atoms with Gasteiger partial charge in [0.2, 0.25) is 11.8 Å². The van der Waals surface area contributed by atoms with Gasteiger partial charge in [0.05, 0.1) is 10.0 Å². The third kappa shape index (κ3) is 7.25. The Balaban J connectivity index is 1.49. The fourth-order valence-electron chi connectivity index (χ4n) is 3.39. The molecule has 0 saturated heterocycles. The van der Waals surface area contributed by atoms with Crippen molar-refractivity contribution in [3.05, 3.63) is 130 Å².